The van der Waals surface area contributed by atoms with Crippen LogP contribution in [0, 0.1) is 0 Å². The fourth-order valence-corrected chi connectivity index (χ4v) is 3.05. The molecule has 4 nitrogen and oxygen atoms in total. The molecule has 0 unspecified atom stereocenters. The van der Waals surface area contributed by atoms with E-state index in [1.807, 2.05) is 55.2 Å². The molecule has 1 N–H and O–H groups in total. The van der Waals surface area contributed by atoms with Crippen molar-refractivity contribution in [3.63, 3.8) is 0 Å². The summed E-state index contributed by atoms with van der Waals surface area (Å²) in [5.74, 6) is -0.0452. The van der Waals surface area contributed by atoms with Gasteiger partial charge in [-0.3, -0.25) is 9.48 Å². The van der Waals surface area contributed by atoms with E-state index in [9.17, 15) is 4.79 Å². The molecule has 0 saturated carbocycles. The molecule has 0 bridgehead atoms. The molecular weight excluding hydrogens is 262 g/mol. The highest BCUT2D eigenvalue weighted by molar-refractivity contribution is 5.83. The third-order valence-corrected chi connectivity index (χ3v) is 4.39. The van der Waals surface area contributed by atoms with E-state index in [0.717, 1.165) is 24.8 Å². The molecule has 1 aromatic carbocycles. The van der Waals surface area contributed by atoms with Crippen LogP contribution in [-0.4, -0.2) is 15.7 Å². The van der Waals surface area contributed by atoms with Crippen LogP contribution in [-0.2, 0) is 18.3 Å². The van der Waals surface area contributed by atoms with Crippen molar-refractivity contribution < 1.29 is 4.79 Å². The summed E-state index contributed by atoms with van der Waals surface area (Å²) in [6.45, 7) is 1.96. The van der Waals surface area contributed by atoms with Gasteiger partial charge in [-0.2, -0.15) is 5.10 Å². The van der Waals surface area contributed by atoms with Crippen LogP contribution >= 0.6 is 0 Å². The summed E-state index contributed by atoms with van der Waals surface area (Å²) in [5.41, 5.74) is 3.48. The van der Waals surface area contributed by atoms with Gasteiger partial charge in [-0.05, 0) is 31.7 Å². The van der Waals surface area contributed by atoms with Crippen molar-refractivity contribution in [1.29, 1.82) is 0 Å². The van der Waals surface area contributed by atoms with E-state index >= 15 is 0 Å². The van der Waals surface area contributed by atoms with Crippen LogP contribution in [0.1, 0.15) is 48.5 Å². The van der Waals surface area contributed by atoms with Crippen molar-refractivity contribution in [2.24, 2.45) is 7.05 Å². The molecular formula is C17H21N3O. The van der Waals surface area contributed by atoms with E-state index in [1.54, 1.807) is 0 Å². The molecule has 0 spiro atoms. The van der Waals surface area contributed by atoms with Crippen LogP contribution in [0.3, 0.4) is 0 Å². The lowest BCUT2D eigenvalue weighted by Crippen LogP contribution is -2.33. The Kier molecular flexibility index (Phi) is 3.78. The van der Waals surface area contributed by atoms with Crippen LogP contribution < -0.4 is 5.32 Å². The molecule has 110 valence electrons. The lowest BCUT2D eigenvalue weighted by Gasteiger charge is -2.25. The number of aryl methyl sites for hydroxylation is 1. The number of fused-ring (bicyclic) bond motifs is 1. The van der Waals surface area contributed by atoms with Gasteiger partial charge < -0.3 is 5.32 Å². The Labute approximate surface area is 125 Å². The number of rotatable bonds is 3. The Morgan fingerprint density at radius 3 is 2.90 bits per heavy atom. The zero-order valence-corrected chi connectivity index (χ0v) is 12.5. The highest BCUT2D eigenvalue weighted by Gasteiger charge is 2.26. The number of carbonyl (C=O) groups excluding carboxylic acids is 1. The van der Waals surface area contributed by atoms with E-state index < -0.39 is 0 Å². The van der Waals surface area contributed by atoms with E-state index in [4.69, 9.17) is 0 Å². The molecule has 3 rings (SSSR count). The number of carbonyl (C=O) groups is 1. The minimum Gasteiger partial charge on any atom is -0.349 e. The molecule has 4 heteroatoms. The molecule has 21 heavy (non-hydrogen) atoms. The predicted octanol–water partition coefficient (Wildman–Crippen LogP) is 2.72. The maximum atomic E-state index is 12.5. The lowest BCUT2D eigenvalue weighted by molar-refractivity contribution is -0.123. The Balaban J connectivity index is 1.74. The van der Waals surface area contributed by atoms with Gasteiger partial charge in [0.2, 0.25) is 5.91 Å². The maximum absolute atomic E-state index is 12.5. The minimum atomic E-state index is -0.131. The number of aromatic nitrogens is 2. The van der Waals surface area contributed by atoms with Gasteiger partial charge in [-0.1, -0.05) is 30.3 Å². The zero-order valence-electron chi connectivity index (χ0n) is 12.5. The smallest absolute Gasteiger partial charge is 0.227 e. The Bertz CT molecular complexity index is 633. The molecule has 1 aromatic heterocycles. The molecule has 0 aliphatic heterocycles. The summed E-state index contributed by atoms with van der Waals surface area (Å²) in [6.07, 6.45) is 5.03. The molecule has 0 fully saturated rings. The van der Waals surface area contributed by atoms with Crippen LogP contribution in [0.5, 0.6) is 0 Å². The van der Waals surface area contributed by atoms with Gasteiger partial charge in [-0.25, -0.2) is 0 Å². The van der Waals surface area contributed by atoms with Crippen molar-refractivity contribution in [1.82, 2.24) is 15.1 Å². The van der Waals surface area contributed by atoms with Gasteiger partial charge in [0.05, 0.1) is 18.2 Å². The Morgan fingerprint density at radius 2 is 2.14 bits per heavy atom. The van der Waals surface area contributed by atoms with Crippen molar-refractivity contribution in [2.45, 2.75) is 38.1 Å². The third-order valence-electron chi connectivity index (χ3n) is 4.39. The Hall–Kier alpha value is -2.10. The van der Waals surface area contributed by atoms with Gasteiger partial charge in [0.1, 0.15) is 0 Å². The highest BCUT2D eigenvalue weighted by Crippen LogP contribution is 2.30. The van der Waals surface area contributed by atoms with Crippen LogP contribution in [0.15, 0.2) is 36.5 Å². The van der Waals surface area contributed by atoms with Gasteiger partial charge in [0.25, 0.3) is 0 Å². The van der Waals surface area contributed by atoms with E-state index in [0.29, 0.717) is 0 Å². The van der Waals surface area contributed by atoms with Crippen molar-refractivity contribution in [2.75, 3.05) is 0 Å². The lowest BCUT2D eigenvalue weighted by atomic mass is 9.92. The topological polar surface area (TPSA) is 46.9 Å². The monoisotopic (exact) mass is 283 g/mol. The first-order valence-corrected chi connectivity index (χ1v) is 7.53. The largest absolute Gasteiger partial charge is 0.349 e. The van der Waals surface area contributed by atoms with E-state index in [-0.39, 0.29) is 17.9 Å². The molecule has 1 amide bonds. The molecule has 2 atom stereocenters. The average molecular weight is 283 g/mol. The standard InChI is InChI=1S/C17H21N3O/c1-12(13-7-4-3-5-8-13)17(21)19-15-9-6-10-16-14(15)11-18-20(16)2/h3-5,7-8,11-12,15H,6,9-10H2,1-2H3,(H,19,21)/t12-,15-/m0/s1. The summed E-state index contributed by atoms with van der Waals surface area (Å²) in [7, 11) is 1.97. The number of benzene rings is 1. The summed E-state index contributed by atoms with van der Waals surface area (Å²) in [4.78, 5) is 12.5. The fraction of sp³-hybridized carbons (Fsp3) is 0.412. The second kappa shape index (κ2) is 5.72. The van der Waals surface area contributed by atoms with Gasteiger partial charge in [-0.15, -0.1) is 0 Å². The molecule has 1 aliphatic carbocycles. The number of amides is 1. The summed E-state index contributed by atoms with van der Waals surface area (Å²) >= 11 is 0. The van der Waals surface area contributed by atoms with Crippen molar-refractivity contribution >= 4 is 5.91 Å². The first kappa shape index (κ1) is 13.9. The first-order valence-electron chi connectivity index (χ1n) is 7.53. The second-order valence-electron chi connectivity index (χ2n) is 5.76. The first-order chi connectivity index (χ1) is 10.2. The van der Waals surface area contributed by atoms with Crippen LogP contribution in [0.2, 0.25) is 0 Å². The number of nitrogens with zero attached hydrogens (tertiary/aromatic N) is 2. The maximum Gasteiger partial charge on any atom is 0.227 e. The molecule has 0 saturated heterocycles. The number of nitrogens with one attached hydrogen (secondary N) is 1. The summed E-state index contributed by atoms with van der Waals surface area (Å²) in [6, 6.07) is 10.0. The van der Waals surface area contributed by atoms with Crippen LogP contribution in [0.4, 0.5) is 0 Å². The summed E-state index contributed by atoms with van der Waals surface area (Å²) in [5, 5.41) is 7.52. The van der Waals surface area contributed by atoms with Gasteiger partial charge in [0, 0.05) is 18.3 Å². The SMILES string of the molecule is C[C@H](C(=O)N[C@H]1CCCc2c1cnn2C)c1ccccc1. The molecule has 0 radical (unpaired) electrons. The number of hydrogen-bond acceptors (Lipinski definition) is 2. The van der Waals surface area contributed by atoms with Gasteiger partial charge in [0.15, 0.2) is 0 Å². The van der Waals surface area contributed by atoms with Crippen LogP contribution in [0.25, 0.3) is 0 Å². The zero-order chi connectivity index (χ0) is 14.8. The highest BCUT2D eigenvalue weighted by atomic mass is 16.1. The van der Waals surface area contributed by atoms with Crippen molar-refractivity contribution in [3.05, 3.63) is 53.3 Å². The van der Waals surface area contributed by atoms with E-state index in [2.05, 4.69) is 10.4 Å². The van der Waals surface area contributed by atoms with E-state index in [1.165, 1.54) is 11.3 Å². The fourth-order valence-electron chi connectivity index (χ4n) is 3.05. The molecule has 1 aliphatic rings. The third kappa shape index (κ3) is 2.71. The molecule has 1 heterocycles. The second-order valence-corrected chi connectivity index (χ2v) is 5.76. The number of hydrogen-bond donors (Lipinski definition) is 1. The average Bonchev–Trinajstić information content (AvgIpc) is 2.90. The van der Waals surface area contributed by atoms with Crippen molar-refractivity contribution in [3.8, 4) is 0 Å². The normalized spacial score (nSPS) is 18.9. The summed E-state index contributed by atoms with van der Waals surface area (Å²) < 4.78 is 1.92. The minimum absolute atomic E-state index is 0.0860. The quantitative estimate of drug-likeness (QED) is 0.941. The Morgan fingerprint density at radius 1 is 1.38 bits per heavy atom. The molecule has 2 aromatic rings. The predicted molar refractivity (Wildman–Crippen MR) is 81.9 cm³/mol. The van der Waals surface area contributed by atoms with Gasteiger partial charge >= 0.3 is 0 Å².